The molecule has 1 heterocycles. The lowest BCUT2D eigenvalue weighted by molar-refractivity contribution is -0.121. The summed E-state index contributed by atoms with van der Waals surface area (Å²) in [6.45, 7) is 0.489. The zero-order valence-corrected chi connectivity index (χ0v) is 12.9. The molecule has 2 rings (SSSR count). The minimum absolute atomic E-state index is 0.0139. The van der Waals surface area contributed by atoms with Crippen molar-refractivity contribution in [3.05, 3.63) is 40.3 Å². The number of thiazole rings is 1. The predicted octanol–water partition coefficient (Wildman–Crippen LogP) is 2.41. The molecule has 0 unspecified atom stereocenters. The number of benzene rings is 1. The van der Waals surface area contributed by atoms with Crippen molar-refractivity contribution >= 4 is 17.2 Å². The lowest BCUT2D eigenvalue weighted by Gasteiger charge is -2.09. The summed E-state index contributed by atoms with van der Waals surface area (Å²) in [6.07, 6.45) is 2.82. The number of amides is 1. The number of rotatable bonds is 7. The highest BCUT2D eigenvalue weighted by molar-refractivity contribution is 7.09. The van der Waals surface area contributed by atoms with E-state index in [-0.39, 0.29) is 5.91 Å². The molecule has 0 spiro atoms. The number of nitrogens with zero attached hydrogens (tertiary/aromatic N) is 1. The van der Waals surface area contributed by atoms with Crippen LogP contribution in [0.2, 0.25) is 0 Å². The minimum atomic E-state index is 0.0139. The maximum absolute atomic E-state index is 11.8. The summed E-state index contributed by atoms with van der Waals surface area (Å²) >= 11 is 1.53. The van der Waals surface area contributed by atoms with E-state index in [1.54, 1.807) is 20.4 Å². The van der Waals surface area contributed by atoms with E-state index in [4.69, 9.17) is 9.47 Å². The zero-order valence-electron chi connectivity index (χ0n) is 12.1. The van der Waals surface area contributed by atoms with Gasteiger partial charge in [0.25, 0.3) is 0 Å². The zero-order chi connectivity index (χ0) is 15.1. The summed E-state index contributed by atoms with van der Waals surface area (Å²) in [5.74, 6) is 1.38. The van der Waals surface area contributed by atoms with Gasteiger partial charge in [-0.2, -0.15) is 0 Å². The average Bonchev–Trinajstić information content (AvgIpc) is 3.04. The number of hydrogen-bond acceptors (Lipinski definition) is 5. The van der Waals surface area contributed by atoms with Gasteiger partial charge in [-0.1, -0.05) is 6.07 Å². The predicted molar refractivity (Wildman–Crippen MR) is 81.8 cm³/mol. The van der Waals surface area contributed by atoms with E-state index in [9.17, 15) is 4.79 Å². The van der Waals surface area contributed by atoms with Crippen molar-refractivity contribution in [3.63, 3.8) is 0 Å². The first-order valence-corrected chi connectivity index (χ1v) is 7.47. The summed E-state index contributed by atoms with van der Waals surface area (Å²) in [7, 11) is 3.20. The van der Waals surface area contributed by atoms with E-state index in [2.05, 4.69) is 10.3 Å². The molecule has 0 aliphatic rings. The lowest BCUT2D eigenvalue weighted by atomic mass is 10.1. The van der Waals surface area contributed by atoms with Crippen LogP contribution in [0.3, 0.4) is 0 Å². The van der Waals surface area contributed by atoms with Crippen molar-refractivity contribution in [3.8, 4) is 11.5 Å². The first kappa shape index (κ1) is 15.3. The smallest absolute Gasteiger partial charge is 0.220 e. The Morgan fingerprint density at radius 2 is 2.10 bits per heavy atom. The number of ether oxygens (including phenoxy) is 2. The van der Waals surface area contributed by atoms with Gasteiger partial charge in [0.1, 0.15) is 5.01 Å². The maximum Gasteiger partial charge on any atom is 0.220 e. The Bertz CT molecular complexity index is 585. The molecule has 1 N–H and O–H groups in total. The molecular formula is C15H18N2O3S. The normalized spacial score (nSPS) is 10.2. The van der Waals surface area contributed by atoms with Crippen LogP contribution in [0.25, 0.3) is 0 Å². The van der Waals surface area contributed by atoms with Crippen molar-refractivity contribution < 1.29 is 14.3 Å². The first-order valence-electron chi connectivity index (χ1n) is 6.59. The molecule has 112 valence electrons. The summed E-state index contributed by atoms with van der Waals surface area (Å²) in [5.41, 5.74) is 1.04. The molecule has 2 aromatic rings. The fourth-order valence-electron chi connectivity index (χ4n) is 1.90. The highest BCUT2D eigenvalue weighted by Gasteiger charge is 2.07. The van der Waals surface area contributed by atoms with Gasteiger partial charge in [0.2, 0.25) is 5.91 Å². The lowest BCUT2D eigenvalue weighted by Crippen LogP contribution is -2.22. The van der Waals surface area contributed by atoms with Gasteiger partial charge in [0.05, 0.1) is 20.8 Å². The van der Waals surface area contributed by atoms with Gasteiger partial charge in [0.15, 0.2) is 11.5 Å². The highest BCUT2D eigenvalue weighted by Crippen LogP contribution is 2.27. The molecule has 6 heteroatoms. The van der Waals surface area contributed by atoms with Crippen LogP contribution in [-0.4, -0.2) is 25.1 Å². The molecule has 0 fully saturated rings. The fraction of sp³-hybridized carbons (Fsp3) is 0.333. The van der Waals surface area contributed by atoms with Gasteiger partial charge in [-0.25, -0.2) is 4.98 Å². The van der Waals surface area contributed by atoms with E-state index < -0.39 is 0 Å². The van der Waals surface area contributed by atoms with Gasteiger partial charge >= 0.3 is 0 Å². The van der Waals surface area contributed by atoms with E-state index >= 15 is 0 Å². The second kappa shape index (κ2) is 7.64. The number of carbonyl (C=O) groups is 1. The monoisotopic (exact) mass is 306 g/mol. The van der Waals surface area contributed by atoms with Crippen LogP contribution < -0.4 is 14.8 Å². The molecule has 0 radical (unpaired) electrons. The first-order chi connectivity index (χ1) is 10.2. The van der Waals surface area contributed by atoms with Crippen molar-refractivity contribution in [2.24, 2.45) is 0 Å². The van der Waals surface area contributed by atoms with Crippen LogP contribution in [0.4, 0.5) is 0 Å². The van der Waals surface area contributed by atoms with Gasteiger partial charge in [-0.05, 0) is 24.1 Å². The fourth-order valence-corrected chi connectivity index (χ4v) is 2.45. The van der Waals surface area contributed by atoms with Crippen molar-refractivity contribution in [2.75, 3.05) is 14.2 Å². The largest absolute Gasteiger partial charge is 0.493 e. The van der Waals surface area contributed by atoms with Gasteiger partial charge in [-0.3, -0.25) is 4.79 Å². The maximum atomic E-state index is 11.8. The van der Waals surface area contributed by atoms with Crippen molar-refractivity contribution in [2.45, 2.75) is 19.4 Å². The minimum Gasteiger partial charge on any atom is -0.493 e. The molecule has 21 heavy (non-hydrogen) atoms. The molecule has 1 amide bonds. The Balaban J connectivity index is 1.83. The molecule has 1 aromatic heterocycles. The molecule has 5 nitrogen and oxygen atoms in total. The Hall–Kier alpha value is -2.08. The van der Waals surface area contributed by atoms with E-state index in [1.165, 1.54) is 11.3 Å². The number of methoxy groups -OCH3 is 2. The van der Waals surface area contributed by atoms with E-state index in [0.717, 1.165) is 10.6 Å². The second-order valence-corrected chi connectivity index (χ2v) is 5.37. The Labute approximate surface area is 127 Å². The molecule has 0 bridgehead atoms. The second-order valence-electron chi connectivity index (χ2n) is 4.39. The molecule has 0 aliphatic heterocycles. The van der Waals surface area contributed by atoms with Crippen LogP contribution >= 0.6 is 11.3 Å². The molecule has 0 saturated carbocycles. The van der Waals surface area contributed by atoms with Crippen LogP contribution in [0.1, 0.15) is 17.0 Å². The summed E-state index contributed by atoms with van der Waals surface area (Å²) in [6, 6.07) is 5.68. The molecule has 1 aromatic carbocycles. The number of carbonyl (C=O) groups excluding carboxylic acids is 1. The van der Waals surface area contributed by atoms with E-state index in [1.807, 2.05) is 23.6 Å². The van der Waals surface area contributed by atoms with Crippen LogP contribution in [-0.2, 0) is 17.8 Å². The number of hydrogen-bond donors (Lipinski definition) is 1. The molecule has 0 atom stereocenters. The molecular weight excluding hydrogens is 288 g/mol. The van der Waals surface area contributed by atoms with Crippen LogP contribution in [0.5, 0.6) is 11.5 Å². The quantitative estimate of drug-likeness (QED) is 0.853. The third-order valence-electron chi connectivity index (χ3n) is 3.01. The summed E-state index contributed by atoms with van der Waals surface area (Å²) in [5, 5.41) is 5.67. The third kappa shape index (κ3) is 4.46. The Morgan fingerprint density at radius 1 is 1.29 bits per heavy atom. The van der Waals surface area contributed by atoms with Gasteiger partial charge < -0.3 is 14.8 Å². The Morgan fingerprint density at radius 3 is 2.76 bits per heavy atom. The highest BCUT2D eigenvalue weighted by atomic mass is 32.1. The number of aryl methyl sites for hydroxylation is 1. The topological polar surface area (TPSA) is 60.5 Å². The summed E-state index contributed by atoms with van der Waals surface area (Å²) in [4.78, 5) is 15.9. The molecule has 0 aliphatic carbocycles. The molecule has 0 saturated heterocycles. The Kier molecular flexibility index (Phi) is 5.57. The van der Waals surface area contributed by atoms with Gasteiger partial charge in [-0.15, -0.1) is 11.3 Å². The standard InChI is InChI=1S/C15H18N2O3S/c1-19-12-5-3-11(9-13(12)20-2)4-6-14(18)17-10-15-16-7-8-21-15/h3,5,7-9H,4,6,10H2,1-2H3,(H,17,18). The van der Waals surface area contributed by atoms with E-state index in [0.29, 0.717) is 30.9 Å². The SMILES string of the molecule is COc1ccc(CCC(=O)NCc2nccs2)cc1OC. The number of nitrogens with one attached hydrogen (secondary N) is 1. The summed E-state index contributed by atoms with van der Waals surface area (Å²) < 4.78 is 10.4. The van der Waals surface area contributed by atoms with Crippen LogP contribution in [0.15, 0.2) is 29.8 Å². The average molecular weight is 306 g/mol. The van der Waals surface area contributed by atoms with Crippen LogP contribution in [0, 0.1) is 0 Å². The van der Waals surface area contributed by atoms with Gasteiger partial charge in [0, 0.05) is 18.0 Å². The van der Waals surface area contributed by atoms with Crippen molar-refractivity contribution in [1.29, 1.82) is 0 Å². The van der Waals surface area contributed by atoms with Crippen molar-refractivity contribution in [1.82, 2.24) is 10.3 Å². The third-order valence-corrected chi connectivity index (χ3v) is 3.79. The number of aromatic nitrogens is 1.